The van der Waals surface area contributed by atoms with Crippen molar-refractivity contribution in [1.82, 2.24) is 5.32 Å². The second-order valence-corrected chi connectivity index (χ2v) is 8.05. The molecule has 1 N–H and O–H groups in total. The zero-order chi connectivity index (χ0) is 13.3. The molecule has 0 saturated carbocycles. The molecule has 96 valence electrons. The molecule has 0 spiro atoms. The quantitative estimate of drug-likeness (QED) is 0.558. The number of hydrogen-bond donors (Lipinski definition) is 1. The van der Waals surface area contributed by atoms with E-state index in [4.69, 9.17) is 23.2 Å². The maximum Gasteiger partial charge on any atom is 0.0995 e. The highest BCUT2D eigenvalue weighted by Crippen LogP contribution is 2.39. The summed E-state index contributed by atoms with van der Waals surface area (Å²) in [4.78, 5) is 0. The first-order chi connectivity index (χ1) is 8.52. The highest BCUT2D eigenvalue weighted by Gasteiger charge is 2.20. The van der Waals surface area contributed by atoms with E-state index < -0.39 is 0 Å². The van der Waals surface area contributed by atoms with Gasteiger partial charge in [-0.15, -0.1) is 11.3 Å². The van der Waals surface area contributed by atoms with Gasteiger partial charge in [-0.1, -0.05) is 39.1 Å². The van der Waals surface area contributed by atoms with Crippen LogP contribution in [0.2, 0.25) is 8.67 Å². The minimum absolute atomic E-state index is 0.0327. The molecule has 2 aromatic rings. The monoisotopic (exact) mass is 475 g/mol. The average molecular weight is 477 g/mol. The molecule has 2 rings (SSSR count). The molecular weight excluding hydrogens is 468 g/mol. The number of benzene rings is 1. The van der Waals surface area contributed by atoms with Gasteiger partial charge in [0.25, 0.3) is 0 Å². The minimum atomic E-state index is 0.0327. The van der Waals surface area contributed by atoms with E-state index in [1.54, 1.807) is 0 Å². The Hall–Kier alpha value is 0.670. The molecule has 1 heterocycles. The maximum atomic E-state index is 6.24. The molecule has 0 amide bonds. The molecule has 0 fully saturated rings. The summed E-state index contributed by atoms with van der Waals surface area (Å²) in [6.45, 7) is 0. The van der Waals surface area contributed by atoms with Crippen molar-refractivity contribution in [2.45, 2.75) is 6.04 Å². The topological polar surface area (TPSA) is 12.0 Å². The first-order valence-electron chi connectivity index (χ1n) is 5.10. The molecule has 1 aromatic heterocycles. The van der Waals surface area contributed by atoms with Gasteiger partial charge >= 0.3 is 0 Å². The van der Waals surface area contributed by atoms with Crippen LogP contribution in [-0.4, -0.2) is 7.05 Å². The van der Waals surface area contributed by atoms with Crippen molar-refractivity contribution >= 4 is 73.1 Å². The fourth-order valence-corrected chi connectivity index (χ4v) is 4.29. The SMILES string of the molecule is CNC(c1cc(I)ccc1Br)c1cc(Cl)sc1Cl. The summed E-state index contributed by atoms with van der Waals surface area (Å²) in [5.74, 6) is 0. The van der Waals surface area contributed by atoms with Gasteiger partial charge in [0.05, 0.1) is 14.7 Å². The smallest absolute Gasteiger partial charge is 0.0995 e. The molecule has 1 nitrogen and oxygen atoms in total. The minimum Gasteiger partial charge on any atom is -0.309 e. The number of thiophene rings is 1. The summed E-state index contributed by atoms with van der Waals surface area (Å²) in [7, 11) is 1.92. The lowest BCUT2D eigenvalue weighted by molar-refractivity contribution is 0.691. The lowest BCUT2D eigenvalue weighted by Crippen LogP contribution is -2.18. The van der Waals surface area contributed by atoms with Crippen molar-refractivity contribution in [2.24, 2.45) is 0 Å². The molecule has 0 saturated heterocycles. The summed E-state index contributed by atoms with van der Waals surface area (Å²) in [5.41, 5.74) is 2.16. The fraction of sp³-hybridized carbons (Fsp3) is 0.167. The Morgan fingerprint density at radius 3 is 2.56 bits per heavy atom. The Kier molecular flexibility index (Phi) is 5.37. The maximum absolute atomic E-state index is 6.24. The van der Waals surface area contributed by atoms with Crippen LogP contribution in [0.4, 0.5) is 0 Å². The van der Waals surface area contributed by atoms with Gasteiger partial charge in [-0.2, -0.15) is 0 Å². The first-order valence-corrected chi connectivity index (χ1v) is 8.54. The Morgan fingerprint density at radius 2 is 2.00 bits per heavy atom. The number of rotatable bonds is 3. The van der Waals surface area contributed by atoms with Gasteiger partial charge in [0.15, 0.2) is 0 Å². The predicted octanol–water partition coefficient (Wildman–Crippen LogP) is 5.73. The lowest BCUT2D eigenvalue weighted by Gasteiger charge is -2.18. The molecule has 1 unspecified atom stereocenters. The summed E-state index contributed by atoms with van der Waals surface area (Å²) in [6.07, 6.45) is 0. The van der Waals surface area contributed by atoms with E-state index >= 15 is 0 Å². The van der Waals surface area contributed by atoms with Crippen molar-refractivity contribution < 1.29 is 0 Å². The third-order valence-electron chi connectivity index (χ3n) is 2.55. The average Bonchev–Trinajstić information content (AvgIpc) is 2.64. The predicted molar refractivity (Wildman–Crippen MR) is 92.1 cm³/mol. The summed E-state index contributed by atoms with van der Waals surface area (Å²) >= 11 is 19.5. The van der Waals surface area contributed by atoms with Gasteiger partial charge in [0.2, 0.25) is 0 Å². The first kappa shape index (κ1) is 15.1. The lowest BCUT2D eigenvalue weighted by atomic mass is 10.0. The summed E-state index contributed by atoms with van der Waals surface area (Å²) in [6, 6.07) is 8.19. The second kappa shape index (κ2) is 6.41. The summed E-state index contributed by atoms with van der Waals surface area (Å²) in [5, 5.41) is 3.29. The van der Waals surface area contributed by atoms with E-state index in [0.717, 1.165) is 19.9 Å². The van der Waals surface area contributed by atoms with Crippen LogP contribution in [0.15, 0.2) is 28.7 Å². The van der Waals surface area contributed by atoms with E-state index in [0.29, 0.717) is 4.34 Å². The van der Waals surface area contributed by atoms with Crippen molar-refractivity contribution in [3.8, 4) is 0 Å². The zero-order valence-electron chi connectivity index (χ0n) is 9.31. The van der Waals surface area contributed by atoms with E-state index in [-0.39, 0.29) is 6.04 Å². The standard InChI is InChI=1S/C12H9BrCl2INS/c1-17-11(8-5-10(14)18-12(8)15)7-4-6(16)2-3-9(7)13/h2-5,11,17H,1H3. The fourth-order valence-electron chi connectivity index (χ4n) is 1.76. The van der Waals surface area contributed by atoms with Crippen molar-refractivity contribution in [3.63, 3.8) is 0 Å². The van der Waals surface area contributed by atoms with E-state index in [1.807, 2.05) is 19.2 Å². The number of hydrogen-bond acceptors (Lipinski definition) is 2. The highest BCUT2D eigenvalue weighted by atomic mass is 127. The molecule has 1 aromatic carbocycles. The number of halogens is 4. The Bertz CT molecular complexity index is 573. The van der Waals surface area contributed by atoms with Crippen LogP contribution in [0.3, 0.4) is 0 Å². The molecule has 6 heteroatoms. The second-order valence-electron chi connectivity index (χ2n) is 3.67. The largest absolute Gasteiger partial charge is 0.309 e. The highest BCUT2D eigenvalue weighted by molar-refractivity contribution is 14.1. The van der Waals surface area contributed by atoms with Crippen molar-refractivity contribution in [1.29, 1.82) is 0 Å². The van der Waals surface area contributed by atoms with Gasteiger partial charge in [0.1, 0.15) is 0 Å². The molecular formula is C12H9BrCl2INS. The van der Waals surface area contributed by atoms with Crippen LogP contribution in [0.5, 0.6) is 0 Å². The van der Waals surface area contributed by atoms with Crippen molar-refractivity contribution in [2.75, 3.05) is 7.05 Å². The Labute approximate surface area is 142 Å². The van der Waals surface area contributed by atoms with Crippen LogP contribution >= 0.6 is 73.1 Å². The summed E-state index contributed by atoms with van der Waals surface area (Å²) < 4.78 is 3.67. The van der Waals surface area contributed by atoms with Crippen LogP contribution < -0.4 is 5.32 Å². The third kappa shape index (κ3) is 3.22. The molecule has 1 atom stereocenters. The van der Waals surface area contributed by atoms with Crippen LogP contribution in [0.1, 0.15) is 17.2 Å². The van der Waals surface area contributed by atoms with E-state index in [9.17, 15) is 0 Å². The van der Waals surface area contributed by atoms with Crippen molar-refractivity contribution in [3.05, 3.63) is 52.1 Å². The third-order valence-corrected chi connectivity index (χ3v) is 5.46. The van der Waals surface area contributed by atoms with Gasteiger partial charge < -0.3 is 5.32 Å². The number of nitrogens with one attached hydrogen (secondary N) is 1. The van der Waals surface area contributed by atoms with Gasteiger partial charge in [0, 0.05) is 13.6 Å². The van der Waals surface area contributed by atoms with Gasteiger partial charge in [-0.3, -0.25) is 0 Å². The molecule has 0 aliphatic rings. The molecule has 0 radical (unpaired) electrons. The molecule has 0 aliphatic carbocycles. The molecule has 0 aliphatic heterocycles. The van der Waals surface area contributed by atoms with Crippen LogP contribution in [0.25, 0.3) is 0 Å². The zero-order valence-corrected chi connectivity index (χ0v) is 15.4. The Balaban J connectivity index is 2.51. The van der Waals surface area contributed by atoms with Gasteiger partial charge in [-0.05, 0) is 59.5 Å². The van der Waals surface area contributed by atoms with E-state index in [2.05, 4.69) is 56.0 Å². The Morgan fingerprint density at radius 1 is 1.28 bits per heavy atom. The molecule has 18 heavy (non-hydrogen) atoms. The van der Waals surface area contributed by atoms with E-state index in [1.165, 1.54) is 14.9 Å². The molecule has 0 bridgehead atoms. The van der Waals surface area contributed by atoms with Crippen LogP contribution in [-0.2, 0) is 0 Å². The van der Waals surface area contributed by atoms with Crippen LogP contribution in [0, 0.1) is 3.57 Å². The normalized spacial score (nSPS) is 12.7. The van der Waals surface area contributed by atoms with Gasteiger partial charge in [-0.25, -0.2) is 0 Å².